The Bertz CT molecular complexity index is 443. The summed E-state index contributed by atoms with van der Waals surface area (Å²) in [6.07, 6.45) is 1.09. The van der Waals surface area contributed by atoms with Crippen LogP contribution < -0.4 is 5.32 Å². The Kier molecular flexibility index (Phi) is 3.29. The van der Waals surface area contributed by atoms with Crippen molar-refractivity contribution >= 4 is 23.3 Å². The fraction of sp³-hybridized carbons (Fsp3) is 0.462. The fourth-order valence-electron chi connectivity index (χ4n) is 2.03. The van der Waals surface area contributed by atoms with Crippen molar-refractivity contribution in [3.63, 3.8) is 0 Å². The maximum absolute atomic E-state index is 5.93. The van der Waals surface area contributed by atoms with E-state index in [4.69, 9.17) is 16.3 Å². The van der Waals surface area contributed by atoms with Crippen molar-refractivity contribution in [1.29, 1.82) is 0 Å². The number of benzene rings is 1. The molecule has 2 rings (SSSR count). The summed E-state index contributed by atoms with van der Waals surface area (Å²) < 4.78 is 5.66. The van der Waals surface area contributed by atoms with Gasteiger partial charge in [-0.1, -0.05) is 17.7 Å². The van der Waals surface area contributed by atoms with Gasteiger partial charge in [-0.3, -0.25) is 0 Å². The van der Waals surface area contributed by atoms with Crippen LogP contribution in [-0.2, 0) is 4.74 Å². The SMILES string of the molecule is CC1CC(C)(C)N=C(Nc2cccc(Cl)c2)O1. The standard InChI is InChI=1S/C13H17ClN2O/c1-9-8-13(2,3)16-12(17-9)15-11-6-4-5-10(14)7-11/h4-7,9H,8H2,1-3H3,(H,15,16). The third-order valence-corrected chi connectivity index (χ3v) is 2.82. The van der Waals surface area contributed by atoms with E-state index >= 15 is 0 Å². The highest BCUT2D eigenvalue weighted by Gasteiger charge is 2.28. The van der Waals surface area contributed by atoms with Crippen LogP contribution in [0.1, 0.15) is 27.2 Å². The first-order chi connectivity index (χ1) is 7.94. The normalized spacial score (nSPS) is 22.6. The van der Waals surface area contributed by atoms with Gasteiger partial charge in [-0.15, -0.1) is 0 Å². The van der Waals surface area contributed by atoms with Crippen molar-refractivity contribution in [1.82, 2.24) is 0 Å². The summed E-state index contributed by atoms with van der Waals surface area (Å²) in [4.78, 5) is 4.53. The zero-order valence-corrected chi connectivity index (χ0v) is 11.1. The molecule has 0 bridgehead atoms. The molecule has 17 heavy (non-hydrogen) atoms. The monoisotopic (exact) mass is 252 g/mol. The van der Waals surface area contributed by atoms with Crippen LogP contribution in [0.5, 0.6) is 0 Å². The molecule has 0 spiro atoms. The maximum Gasteiger partial charge on any atom is 0.289 e. The van der Waals surface area contributed by atoms with Crippen molar-refractivity contribution in [2.45, 2.75) is 38.8 Å². The molecule has 92 valence electrons. The molecule has 1 N–H and O–H groups in total. The van der Waals surface area contributed by atoms with Crippen LogP contribution in [0.2, 0.25) is 5.02 Å². The molecule has 1 aromatic carbocycles. The Hall–Kier alpha value is -1.22. The minimum Gasteiger partial charge on any atom is -0.462 e. The molecule has 0 aliphatic carbocycles. The molecule has 1 unspecified atom stereocenters. The van der Waals surface area contributed by atoms with Crippen molar-refractivity contribution in [2.24, 2.45) is 4.99 Å². The van der Waals surface area contributed by atoms with Gasteiger partial charge in [0.1, 0.15) is 6.10 Å². The van der Waals surface area contributed by atoms with Gasteiger partial charge in [0.25, 0.3) is 6.02 Å². The van der Waals surface area contributed by atoms with Gasteiger partial charge in [0.15, 0.2) is 0 Å². The Balaban J connectivity index is 2.16. The van der Waals surface area contributed by atoms with E-state index in [0.29, 0.717) is 11.0 Å². The lowest BCUT2D eigenvalue weighted by Crippen LogP contribution is -2.36. The molecule has 0 saturated heterocycles. The van der Waals surface area contributed by atoms with Crippen molar-refractivity contribution in [3.05, 3.63) is 29.3 Å². The molecule has 1 atom stereocenters. The van der Waals surface area contributed by atoms with Crippen LogP contribution >= 0.6 is 11.6 Å². The number of aliphatic imine (C=N–C) groups is 1. The maximum atomic E-state index is 5.93. The Labute approximate surface area is 107 Å². The third-order valence-electron chi connectivity index (χ3n) is 2.58. The lowest BCUT2D eigenvalue weighted by atomic mass is 9.97. The van der Waals surface area contributed by atoms with Gasteiger partial charge < -0.3 is 10.1 Å². The molecule has 1 aromatic rings. The lowest BCUT2D eigenvalue weighted by molar-refractivity contribution is 0.144. The number of nitrogens with zero attached hydrogens (tertiary/aromatic N) is 1. The van der Waals surface area contributed by atoms with Gasteiger partial charge in [-0.25, -0.2) is 4.99 Å². The van der Waals surface area contributed by atoms with Gasteiger partial charge in [0.05, 0.1) is 5.54 Å². The Morgan fingerprint density at radius 2 is 2.24 bits per heavy atom. The third kappa shape index (κ3) is 3.37. The summed E-state index contributed by atoms with van der Waals surface area (Å²) in [5.41, 5.74) is 0.805. The highest BCUT2D eigenvalue weighted by Crippen LogP contribution is 2.24. The van der Waals surface area contributed by atoms with E-state index in [1.807, 2.05) is 24.3 Å². The van der Waals surface area contributed by atoms with Gasteiger partial charge in [-0.05, 0) is 39.0 Å². The number of nitrogens with one attached hydrogen (secondary N) is 1. The second-order valence-electron chi connectivity index (χ2n) is 5.00. The van der Waals surface area contributed by atoms with E-state index in [0.717, 1.165) is 12.1 Å². The molecular weight excluding hydrogens is 236 g/mol. The molecule has 1 aliphatic heterocycles. The summed E-state index contributed by atoms with van der Waals surface area (Å²) in [5, 5.41) is 3.84. The lowest BCUT2D eigenvalue weighted by Gasteiger charge is -2.31. The molecule has 1 heterocycles. The molecular formula is C13H17ClN2O. The highest BCUT2D eigenvalue weighted by atomic mass is 35.5. The topological polar surface area (TPSA) is 33.6 Å². The Morgan fingerprint density at radius 1 is 1.47 bits per heavy atom. The van der Waals surface area contributed by atoms with Crippen LogP contribution in [-0.4, -0.2) is 17.7 Å². The van der Waals surface area contributed by atoms with Gasteiger partial charge in [0, 0.05) is 17.1 Å². The predicted octanol–water partition coefficient (Wildman–Crippen LogP) is 3.70. The van der Waals surface area contributed by atoms with E-state index in [1.165, 1.54) is 0 Å². The average molecular weight is 253 g/mol. The number of amidine groups is 1. The van der Waals surface area contributed by atoms with E-state index in [1.54, 1.807) is 0 Å². The number of anilines is 1. The zero-order chi connectivity index (χ0) is 12.5. The highest BCUT2D eigenvalue weighted by molar-refractivity contribution is 6.30. The van der Waals surface area contributed by atoms with Crippen molar-refractivity contribution in [3.8, 4) is 0 Å². The van der Waals surface area contributed by atoms with Gasteiger partial charge in [0.2, 0.25) is 0 Å². The van der Waals surface area contributed by atoms with E-state index in [-0.39, 0.29) is 11.6 Å². The molecule has 3 nitrogen and oxygen atoms in total. The number of hydrogen-bond acceptors (Lipinski definition) is 3. The molecule has 1 aliphatic rings. The number of rotatable bonds is 1. The quantitative estimate of drug-likeness (QED) is 0.827. The number of hydrogen-bond donors (Lipinski definition) is 1. The minimum atomic E-state index is -0.0847. The average Bonchev–Trinajstić information content (AvgIpc) is 2.13. The summed E-state index contributed by atoms with van der Waals surface area (Å²) in [6, 6.07) is 8.07. The van der Waals surface area contributed by atoms with Crippen molar-refractivity contribution in [2.75, 3.05) is 5.32 Å². The Morgan fingerprint density at radius 3 is 2.88 bits per heavy atom. The fourth-order valence-corrected chi connectivity index (χ4v) is 2.22. The van der Waals surface area contributed by atoms with Crippen LogP contribution in [0.15, 0.2) is 29.3 Å². The van der Waals surface area contributed by atoms with E-state index in [9.17, 15) is 0 Å². The number of halogens is 1. The number of ether oxygens (including phenoxy) is 1. The first-order valence-electron chi connectivity index (χ1n) is 5.74. The summed E-state index contributed by atoms with van der Waals surface area (Å²) in [5.74, 6) is 0. The summed E-state index contributed by atoms with van der Waals surface area (Å²) >= 11 is 5.93. The minimum absolute atomic E-state index is 0.0847. The van der Waals surface area contributed by atoms with Crippen LogP contribution in [0, 0.1) is 0 Å². The molecule has 4 heteroatoms. The zero-order valence-electron chi connectivity index (χ0n) is 10.3. The van der Waals surface area contributed by atoms with Gasteiger partial charge in [-0.2, -0.15) is 0 Å². The van der Waals surface area contributed by atoms with E-state index < -0.39 is 0 Å². The van der Waals surface area contributed by atoms with Crippen LogP contribution in [0.4, 0.5) is 5.69 Å². The molecule has 0 fully saturated rings. The van der Waals surface area contributed by atoms with E-state index in [2.05, 4.69) is 31.1 Å². The first-order valence-corrected chi connectivity index (χ1v) is 6.11. The largest absolute Gasteiger partial charge is 0.462 e. The first kappa shape index (κ1) is 12.2. The second-order valence-corrected chi connectivity index (χ2v) is 5.43. The predicted molar refractivity (Wildman–Crippen MR) is 71.8 cm³/mol. The second kappa shape index (κ2) is 4.57. The molecule has 0 amide bonds. The molecule has 0 radical (unpaired) electrons. The summed E-state index contributed by atoms with van der Waals surface area (Å²) in [6.45, 7) is 6.26. The van der Waals surface area contributed by atoms with Crippen LogP contribution in [0.25, 0.3) is 0 Å². The van der Waals surface area contributed by atoms with Crippen LogP contribution in [0.3, 0.4) is 0 Å². The molecule has 0 aromatic heterocycles. The summed E-state index contributed by atoms with van der Waals surface area (Å²) in [7, 11) is 0. The molecule has 0 saturated carbocycles. The van der Waals surface area contributed by atoms with Gasteiger partial charge >= 0.3 is 0 Å². The smallest absolute Gasteiger partial charge is 0.289 e. The van der Waals surface area contributed by atoms with Crippen molar-refractivity contribution < 1.29 is 4.74 Å².